The van der Waals surface area contributed by atoms with Crippen LogP contribution in [-0.4, -0.2) is 14.7 Å². The largest absolute Gasteiger partial charge is 0.399 e. The van der Waals surface area contributed by atoms with E-state index < -0.39 is 0 Å². The Morgan fingerprint density at radius 2 is 2.12 bits per heavy atom. The Labute approximate surface area is 103 Å². The number of hydrogen-bond donors (Lipinski definition) is 2. The lowest BCUT2D eigenvalue weighted by molar-refractivity contribution is 0.0936. The van der Waals surface area contributed by atoms with E-state index in [0.29, 0.717) is 11.4 Å². The van der Waals surface area contributed by atoms with Gasteiger partial charge in [-0.3, -0.25) is 4.79 Å². The van der Waals surface area contributed by atoms with Crippen LogP contribution in [0, 0.1) is 0 Å². The summed E-state index contributed by atoms with van der Waals surface area (Å²) in [5.41, 5.74) is 7.65. The molecule has 1 atom stereocenters. The van der Waals surface area contributed by atoms with Gasteiger partial charge in [-0.1, -0.05) is 12.1 Å². The highest BCUT2D eigenvalue weighted by molar-refractivity contribution is 6.99. The van der Waals surface area contributed by atoms with Gasteiger partial charge >= 0.3 is 0 Å². The molecule has 0 fully saturated rings. The lowest BCUT2D eigenvalue weighted by Gasteiger charge is -2.13. The van der Waals surface area contributed by atoms with E-state index in [4.69, 9.17) is 5.73 Å². The van der Waals surface area contributed by atoms with Crippen molar-refractivity contribution < 1.29 is 4.79 Å². The smallest absolute Gasteiger partial charge is 0.273 e. The molecule has 0 saturated carbocycles. The lowest BCUT2D eigenvalue weighted by Crippen LogP contribution is -2.26. The highest BCUT2D eigenvalue weighted by atomic mass is 32.1. The Morgan fingerprint density at radius 3 is 2.71 bits per heavy atom. The van der Waals surface area contributed by atoms with Crippen molar-refractivity contribution >= 4 is 23.3 Å². The van der Waals surface area contributed by atoms with Crippen LogP contribution in [0.4, 0.5) is 5.69 Å². The molecule has 6 heteroatoms. The monoisotopic (exact) mass is 248 g/mol. The molecular weight excluding hydrogens is 236 g/mol. The fourth-order valence-electron chi connectivity index (χ4n) is 1.40. The van der Waals surface area contributed by atoms with Crippen LogP contribution in [0.3, 0.4) is 0 Å². The zero-order valence-corrected chi connectivity index (χ0v) is 10.1. The van der Waals surface area contributed by atoms with E-state index in [1.807, 2.05) is 31.2 Å². The minimum absolute atomic E-state index is 0.0928. The van der Waals surface area contributed by atoms with Crippen molar-refractivity contribution in [3.05, 3.63) is 41.7 Å². The molecule has 1 heterocycles. The predicted octanol–water partition coefficient (Wildman–Crippen LogP) is 1.61. The maximum atomic E-state index is 11.7. The summed E-state index contributed by atoms with van der Waals surface area (Å²) < 4.78 is 7.66. The zero-order valence-electron chi connectivity index (χ0n) is 9.25. The lowest BCUT2D eigenvalue weighted by atomic mass is 10.1. The van der Waals surface area contributed by atoms with E-state index >= 15 is 0 Å². The fourth-order valence-corrected chi connectivity index (χ4v) is 1.82. The van der Waals surface area contributed by atoms with E-state index in [2.05, 4.69) is 14.1 Å². The topological polar surface area (TPSA) is 80.9 Å². The first kappa shape index (κ1) is 11.5. The van der Waals surface area contributed by atoms with Gasteiger partial charge in [0.05, 0.1) is 24.0 Å². The molecule has 1 aromatic carbocycles. The molecule has 0 saturated heterocycles. The van der Waals surface area contributed by atoms with Crippen LogP contribution in [0.5, 0.6) is 0 Å². The van der Waals surface area contributed by atoms with Crippen LogP contribution < -0.4 is 11.1 Å². The fraction of sp³-hybridized carbons (Fsp3) is 0.182. The van der Waals surface area contributed by atoms with Crippen molar-refractivity contribution in [3.8, 4) is 0 Å². The summed E-state index contributed by atoms with van der Waals surface area (Å²) >= 11 is 1.02. The third kappa shape index (κ3) is 2.79. The number of benzene rings is 1. The van der Waals surface area contributed by atoms with E-state index in [1.165, 1.54) is 6.20 Å². The van der Waals surface area contributed by atoms with Crippen LogP contribution in [0.25, 0.3) is 0 Å². The summed E-state index contributed by atoms with van der Waals surface area (Å²) in [5.74, 6) is -0.219. The number of carbonyl (C=O) groups is 1. The maximum Gasteiger partial charge on any atom is 0.273 e. The maximum absolute atomic E-state index is 11.7. The van der Waals surface area contributed by atoms with Crippen molar-refractivity contribution in [1.29, 1.82) is 0 Å². The van der Waals surface area contributed by atoms with Gasteiger partial charge in [-0.25, -0.2) is 0 Å². The van der Waals surface area contributed by atoms with Gasteiger partial charge in [-0.05, 0) is 24.6 Å². The third-order valence-corrected chi connectivity index (χ3v) is 2.86. The van der Waals surface area contributed by atoms with Gasteiger partial charge in [-0.15, -0.1) is 0 Å². The number of nitrogens with zero attached hydrogens (tertiary/aromatic N) is 2. The molecule has 0 aliphatic carbocycles. The van der Waals surface area contributed by atoms with Crippen LogP contribution in [0.15, 0.2) is 30.5 Å². The molecule has 1 aromatic heterocycles. The second kappa shape index (κ2) is 4.92. The number of nitrogens with one attached hydrogen (secondary N) is 1. The molecule has 2 rings (SSSR count). The summed E-state index contributed by atoms with van der Waals surface area (Å²) in [5, 5.41) is 2.84. The van der Waals surface area contributed by atoms with Crippen molar-refractivity contribution in [1.82, 2.24) is 14.1 Å². The molecule has 0 aliphatic heterocycles. The van der Waals surface area contributed by atoms with E-state index in [9.17, 15) is 4.79 Å². The molecule has 2 aromatic rings. The molecule has 0 spiro atoms. The average molecular weight is 248 g/mol. The van der Waals surface area contributed by atoms with E-state index in [1.54, 1.807) is 0 Å². The average Bonchev–Trinajstić information content (AvgIpc) is 2.83. The number of aromatic nitrogens is 2. The molecule has 88 valence electrons. The minimum Gasteiger partial charge on any atom is -0.399 e. The first-order valence-electron chi connectivity index (χ1n) is 5.10. The summed E-state index contributed by atoms with van der Waals surface area (Å²) in [7, 11) is 0. The number of anilines is 1. The Balaban J connectivity index is 2.04. The second-order valence-electron chi connectivity index (χ2n) is 3.65. The standard InChI is InChI=1S/C11H12N4OS/c1-7(8-2-4-9(12)5-3-8)14-11(16)10-6-13-17-15-10/h2-7H,12H2,1H3,(H,14,16). The third-order valence-electron chi connectivity index (χ3n) is 2.38. The van der Waals surface area contributed by atoms with Crippen molar-refractivity contribution in [2.45, 2.75) is 13.0 Å². The number of nitrogens with two attached hydrogens (primary N) is 1. The number of amides is 1. The Morgan fingerprint density at radius 1 is 1.41 bits per heavy atom. The predicted molar refractivity (Wildman–Crippen MR) is 66.6 cm³/mol. The number of nitrogen functional groups attached to an aromatic ring is 1. The van der Waals surface area contributed by atoms with Crippen molar-refractivity contribution in [3.63, 3.8) is 0 Å². The molecule has 0 bridgehead atoms. The van der Waals surface area contributed by atoms with Crippen LogP contribution in [0.2, 0.25) is 0 Å². The van der Waals surface area contributed by atoms with E-state index in [0.717, 1.165) is 17.3 Å². The van der Waals surface area contributed by atoms with Crippen molar-refractivity contribution in [2.75, 3.05) is 5.73 Å². The van der Waals surface area contributed by atoms with Gasteiger partial charge in [0.1, 0.15) is 0 Å². The molecule has 1 amide bonds. The van der Waals surface area contributed by atoms with Gasteiger partial charge in [0.2, 0.25) is 0 Å². The van der Waals surface area contributed by atoms with Crippen LogP contribution >= 0.6 is 11.7 Å². The van der Waals surface area contributed by atoms with Gasteiger partial charge in [0.15, 0.2) is 5.69 Å². The summed E-state index contributed by atoms with van der Waals surface area (Å²) in [6, 6.07) is 7.30. The molecule has 3 N–H and O–H groups in total. The van der Waals surface area contributed by atoms with Gasteiger partial charge in [-0.2, -0.15) is 8.75 Å². The SMILES string of the molecule is CC(NC(=O)c1cnsn1)c1ccc(N)cc1. The first-order valence-corrected chi connectivity index (χ1v) is 5.83. The molecule has 0 radical (unpaired) electrons. The summed E-state index contributed by atoms with van der Waals surface area (Å²) in [6.45, 7) is 1.91. The zero-order chi connectivity index (χ0) is 12.3. The summed E-state index contributed by atoms with van der Waals surface area (Å²) in [6.07, 6.45) is 1.45. The van der Waals surface area contributed by atoms with E-state index in [-0.39, 0.29) is 11.9 Å². The Hall–Kier alpha value is -1.95. The number of rotatable bonds is 3. The van der Waals surface area contributed by atoms with Gasteiger partial charge in [0.25, 0.3) is 5.91 Å². The molecule has 5 nitrogen and oxygen atoms in total. The highest BCUT2D eigenvalue weighted by Gasteiger charge is 2.13. The minimum atomic E-state index is -0.219. The molecular formula is C11H12N4OS. The normalized spacial score (nSPS) is 12.1. The Bertz CT molecular complexity index is 495. The second-order valence-corrected chi connectivity index (χ2v) is 4.21. The number of hydrogen-bond acceptors (Lipinski definition) is 5. The highest BCUT2D eigenvalue weighted by Crippen LogP contribution is 2.14. The molecule has 0 aliphatic rings. The van der Waals surface area contributed by atoms with Gasteiger partial charge < -0.3 is 11.1 Å². The molecule has 1 unspecified atom stereocenters. The summed E-state index contributed by atoms with van der Waals surface area (Å²) in [4.78, 5) is 11.7. The Kier molecular flexibility index (Phi) is 3.34. The molecule has 17 heavy (non-hydrogen) atoms. The van der Waals surface area contributed by atoms with Crippen molar-refractivity contribution in [2.24, 2.45) is 0 Å². The van der Waals surface area contributed by atoms with Gasteiger partial charge in [0, 0.05) is 5.69 Å². The first-order chi connectivity index (χ1) is 8.16. The number of carbonyl (C=O) groups excluding carboxylic acids is 1. The van der Waals surface area contributed by atoms with Crippen LogP contribution in [0.1, 0.15) is 29.0 Å². The van der Waals surface area contributed by atoms with Crippen LogP contribution in [-0.2, 0) is 0 Å². The quantitative estimate of drug-likeness (QED) is 0.809.